The third kappa shape index (κ3) is 4.63. The second-order valence-corrected chi connectivity index (χ2v) is 7.10. The molecule has 0 saturated carbocycles. The van der Waals surface area contributed by atoms with Crippen molar-refractivity contribution in [2.45, 2.75) is 26.8 Å². The molecule has 3 aromatic rings. The lowest BCUT2D eigenvalue weighted by atomic mass is 10.1. The quantitative estimate of drug-likeness (QED) is 0.674. The molecule has 0 fully saturated rings. The zero-order chi connectivity index (χ0) is 21.0. The Balaban J connectivity index is 2.20. The first-order chi connectivity index (χ1) is 13.9. The highest BCUT2D eigenvalue weighted by atomic mass is 35.5. The highest BCUT2D eigenvalue weighted by Crippen LogP contribution is 2.12. The number of benzene rings is 2. The molecule has 0 aliphatic carbocycles. The molecule has 0 radical (unpaired) electrons. The molecule has 1 aromatic heterocycles. The largest absolute Gasteiger partial charge is 0.352 e. The molecule has 0 saturated heterocycles. The molecule has 0 bridgehead atoms. The molecule has 0 unspecified atom stereocenters. The summed E-state index contributed by atoms with van der Waals surface area (Å²) in [5, 5.41) is 7.11. The highest BCUT2D eigenvalue weighted by Gasteiger charge is 2.20. The summed E-state index contributed by atoms with van der Waals surface area (Å²) in [5.41, 5.74) is 0.415. The van der Waals surface area contributed by atoms with Crippen LogP contribution in [0.3, 0.4) is 0 Å². The summed E-state index contributed by atoms with van der Waals surface area (Å²) in [7, 11) is 0. The first kappa shape index (κ1) is 20.5. The topological polar surface area (TPSA) is 86.0 Å². The summed E-state index contributed by atoms with van der Waals surface area (Å²) in [6.45, 7) is 4.24. The Kier molecular flexibility index (Phi) is 6.29. The van der Waals surface area contributed by atoms with Gasteiger partial charge in [-0.05, 0) is 37.1 Å². The third-order valence-electron chi connectivity index (χ3n) is 4.29. The highest BCUT2D eigenvalue weighted by molar-refractivity contribution is 6.30. The van der Waals surface area contributed by atoms with Crippen LogP contribution in [0.15, 0.2) is 58.1 Å². The van der Waals surface area contributed by atoms with Gasteiger partial charge in [0.05, 0.1) is 12.2 Å². The van der Waals surface area contributed by atoms with Crippen LogP contribution in [0.1, 0.15) is 35.0 Å². The van der Waals surface area contributed by atoms with Crippen LogP contribution < -0.4 is 16.6 Å². The van der Waals surface area contributed by atoms with Crippen LogP contribution >= 0.6 is 11.6 Å². The maximum Gasteiger partial charge on any atom is 0.352 e. The Morgan fingerprint density at radius 1 is 1.14 bits per heavy atom. The van der Waals surface area contributed by atoms with Crippen molar-refractivity contribution in [2.24, 2.45) is 0 Å². The molecular formula is C21H21ClN4O3. The number of hydrogen-bond acceptors (Lipinski definition) is 4. The number of halogens is 1. The van der Waals surface area contributed by atoms with E-state index >= 15 is 0 Å². The molecule has 3 rings (SSSR count). The molecule has 0 atom stereocenters. The maximum atomic E-state index is 13.1. The lowest BCUT2D eigenvalue weighted by Crippen LogP contribution is -2.46. The monoisotopic (exact) mass is 412 g/mol. The standard InChI is InChI=1S/C21H21ClN4O3/c1-3-10-23-19(27)18-20(28)25(13-15-7-4-6-14(2)11-15)21(29)26(24-18)17-9-5-8-16(22)12-17/h4-9,11-12H,3,10,13H2,1-2H3,(H,23,27). The van der Waals surface area contributed by atoms with Crippen LogP contribution in [0.4, 0.5) is 0 Å². The molecule has 29 heavy (non-hydrogen) atoms. The van der Waals surface area contributed by atoms with Gasteiger partial charge in [0.1, 0.15) is 0 Å². The molecule has 1 N–H and O–H groups in total. The molecule has 0 spiro atoms. The van der Waals surface area contributed by atoms with E-state index in [9.17, 15) is 14.4 Å². The summed E-state index contributed by atoms with van der Waals surface area (Å²) in [4.78, 5) is 38.5. The molecule has 2 aromatic carbocycles. The molecule has 150 valence electrons. The SMILES string of the molecule is CCCNC(=O)c1nn(-c2cccc(Cl)c2)c(=O)n(Cc2cccc(C)c2)c1=O. The van der Waals surface area contributed by atoms with Gasteiger partial charge in [-0.2, -0.15) is 9.78 Å². The van der Waals surface area contributed by atoms with Crippen molar-refractivity contribution in [3.8, 4) is 5.69 Å². The van der Waals surface area contributed by atoms with Gasteiger partial charge in [-0.15, -0.1) is 0 Å². The number of aryl methyl sites for hydroxylation is 1. The van der Waals surface area contributed by atoms with Crippen molar-refractivity contribution in [3.63, 3.8) is 0 Å². The van der Waals surface area contributed by atoms with Crippen LogP contribution in [0.5, 0.6) is 0 Å². The van der Waals surface area contributed by atoms with Gasteiger partial charge in [0, 0.05) is 11.6 Å². The van der Waals surface area contributed by atoms with Gasteiger partial charge < -0.3 is 5.32 Å². The number of carbonyl (C=O) groups excluding carboxylic acids is 1. The molecule has 0 aliphatic heterocycles. The first-order valence-corrected chi connectivity index (χ1v) is 9.62. The predicted octanol–water partition coefficient (Wildman–Crippen LogP) is 2.54. The number of nitrogens with one attached hydrogen (secondary N) is 1. The Morgan fingerprint density at radius 2 is 1.90 bits per heavy atom. The van der Waals surface area contributed by atoms with E-state index in [2.05, 4.69) is 10.4 Å². The van der Waals surface area contributed by atoms with Gasteiger partial charge in [-0.25, -0.2) is 4.79 Å². The van der Waals surface area contributed by atoms with Gasteiger partial charge >= 0.3 is 5.69 Å². The van der Waals surface area contributed by atoms with Crippen molar-refractivity contribution in [2.75, 3.05) is 6.54 Å². The van der Waals surface area contributed by atoms with Crippen molar-refractivity contribution in [1.82, 2.24) is 19.7 Å². The summed E-state index contributed by atoms with van der Waals surface area (Å²) < 4.78 is 2.05. The van der Waals surface area contributed by atoms with Gasteiger partial charge in [-0.3, -0.25) is 14.2 Å². The summed E-state index contributed by atoms with van der Waals surface area (Å²) in [5.74, 6) is -0.620. The van der Waals surface area contributed by atoms with E-state index in [1.807, 2.05) is 38.1 Å². The lowest BCUT2D eigenvalue weighted by molar-refractivity contribution is 0.0944. The lowest BCUT2D eigenvalue weighted by Gasteiger charge is -2.12. The smallest absolute Gasteiger partial charge is 0.350 e. The van der Waals surface area contributed by atoms with E-state index in [0.717, 1.165) is 20.4 Å². The van der Waals surface area contributed by atoms with E-state index in [4.69, 9.17) is 11.6 Å². The van der Waals surface area contributed by atoms with Gasteiger partial charge in [0.2, 0.25) is 5.69 Å². The Labute approximate surface area is 172 Å². The van der Waals surface area contributed by atoms with Crippen LogP contribution in [0.25, 0.3) is 5.69 Å². The number of hydrogen-bond donors (Lipinski definition) is 1. The van der Waals surface area contributed by atoms with E-state index in [1.54, 1.807) is 24.3 Å². The Morgan fingerprint density at radius 3 is 2.59 bits per heavy atom. The van der Waals surface area contributed by atoms with Crippen LogP contribution in [-0.2, 0) is 6.54 Å². The molecular weight excluding hydrogens is 392 g/mol. The van der Waals surface area contributed by atoms with E-state index < -0.39 is 17.2 Å². The Bertz CT molecular complexity index is 1170. The van der Waals surface area contributed by atoms with Crippen LogP contribution in [0.2, 0.25) is 5.02 Å². The number of amides is 1. The minimum Gasteiger partial charge on any atom is -0.350 e. The summed E-state index contributed by atoms with van der Waals surface area (Å²) >= 11 is 6.05. The molecule has 8 heteroatoms. The van der Waals surface area contributed by atoms with Crippen molar-refractivity contribution < 1.29 is 4.79 Å². The minimum atomic E-state index is -0.733. The maximum absolute atomic E-state index is 13.1. The zero-order valence-corrected chi connectivity index (χ0v) is 16.9. The normalized spacial score (nSPS) is 10.7. The average molecular weight is 413 g/mol. The predicted molar refractivity (Wildman–Crippen MR) is 112 cm³/mol. The summed E-state index contributed by atoms with van der Waals surface area (Å²) in [6.07, 6.45) is 0.706. The van der Waals surface area contributed by atoms with E-state index in [0.29, 0.717) is 23.7 Å². The number of carbonyl (C=O) groups is 1. The first-order valence-electron chi connectivity index (χ1n) is 9.24. The molecule has 0 aliphatic rings. The van der Waals surface area contributed by atoms with Crippen molar-refractivity contribution in [3.05, 3.63) is 91.2 Å². The second-order valence-electron chi connectivity index (χ2n) is 6.66. The molecule has 7 nitrogen and oxygen atoms in total. The van der Waals surface area contributed by atoms with Crippen LogP contribution in [-0.4, -0.2) is 26.8 Å². The number of nitrogens with zero attached hydrogens (tertiary/aromatic N) is 3. The molecule has 1 amide bonds. The van der Waals surface area contributed by atoms with Gasteiger partial charge in [-0.1, -0.05) is 54.4 Å². The third-order valence-corrected chi connectivity index (χ3v) is 4.52. The number of aromatic nitrogens is 3. The fourth-order valence-electron chi connectivity index (χ4n) is 2.89. The second kappa shape index (κ2) is 8.87. The zero-order valence-electron chi connectivity index (χ0n) is 16.2. The fourth-order valence-corrected chi connectivity index (χ4v) is 3.07. The van der Waals surface area contributed by atoms with Crippen molar-refractivity contribution in [1.29, 1.82) is 0 Å². The van der Waals surface area contributed by atoms with E-state index in [1.165, 1.54) is 0 Å². The Hall–Kier alpha value is -3.19. The van der Waals surface area contributed by atoms with Crippen molar-refractivity contribution >= 4 is 17.5 Å². The summed E-state index contributed by atoms with van der Waals surface area (Å²) in [6, 6.07) is 14.0. The molecule has 1 heterocycles. The van der Waals surface area contributed by atoms with E-state index in [-0.39, 0.29) is 12.2 Å². The van der Waals surface area contributed by atoms with Gasteiger partial charge in [0.25, 0.3) is 11.5 Å². The van der Waals surface area contributed by atoms with Gasteiger partial charge in [0.15, 0.2) is 0 Å². The minimum absolute atomic E-state index is 0.0243. The van der Waals surface area contributed by atoms with Crippen LogP contribution in [0, 0.1) is 6.92 Å². The number of rotatable bonds is 6. The average Bonchev–Trinajstić information content (AvgIpc) is 2.69. The fraction of sp³-hybridized carbons (Fsp3) is 0.238.